The van der Waals surface area contributed by atoms with Gasteiger partial charge in [-0.15, -0.1) is 0 Å². The van der Waals surface area contributed by atoms with E-state index in [4.69, 9.17) is 20.8 Å². The molecule has 2 heterocycles. The number of non-ortho nitro benzene ring substituents is 1. The first-order valence-electron chi connectivity index (χ1n) is 9.04. The van der Waals surface area contributed by atoms with Gasteiger partial charge in [-0.25, -0.2) is 0 Å². The van der Waals surface area contributed by atoms with Crippen molar-refractivity contribution in [3.05, 3.63) is 81.1 Å². The number of nitrogens with one attached hydrogen (secondary N) is 1. The van der Waals surface area contributed by atoms with Gasteiger partial charge in [-0.05, 0) is 36.2 Å². The molecule has 1 N–H and O–H groups in total. The van der Waals surface area contributed by atoms with Crippen molar-refractivity contribution in [2.24, 2.45) is 5.92 Å². The van der Waals surface area contributed by atoms with Crippen LogP contribution in [-0.4, -0.2) is 24.0 Å². The third-order valence-electron chi connectivity index (χ3n) is 4.77. The van der Waals surface area contributed by atoms with E-state index in [1.807, 2.05) is 24.3 Å². The third kappa shape index (κ3) is 4.09. The van der Waals surface area contributed by atoms with Crippen LogP contribution in [0.25, 0.3) is 11.3 Å². The molecule has 2 aromatic carbocycles. The van der Waals surface area contributed by atoms with Crippen molar-refractivity contribution < 1.29 is 18.9 Å². The van der Waals surface area contributed by atoms with E-state index in [9.17, 15) is 14.9 Å². The molecule has 1 atom stereocenters. The number of benzene rings is 2. The highest BCUT2D eigenvalue weighted by Crippen LogP contribution is 2.32. The van der Waals surface area contributed by atoms with Gasteiger partial charge in [-0.2, -0.15) is 0 Å². The van der Waals surface area contributed by atoms with Crippen LogP contribution in [0.15, 0.2) is 59.0 Å². The number of carbonyl (C=O) groups excluding carboxylic acids is 1. The fourth-order valence-electron chi connectivity index (χ4n) is 3.27. The van der Waals surface area contributed by atoms with Crippen LogP contribution in [0.1, 0.15) is 16.1 Å². The van der Waals surface area contributed by atoms with Crippen LogP contribution in [0.5, 0.6) is 5.75 Å². The predicted octanol–water partition coefficient (Wildman–Crippen LogP) is 4.49. The molecular weight excluding hydrogens is 396 g/mol. The standard InChI is InChI=1S/C21H17ClN2O5/c22-17-10-15(24(26)27)5-6-16(17)19-7-8-20(29-19)21(25)23-11-13-9-14-3-1-2-4-18(14)28-12-13/h1-8,10,13H,9,11-12H2,(H,23,25)/t13-/m1/s1. The van der Waals surface area contributed by atoms with Gasteiger partial charge in [0.15, 0.2) is 5.76 Å². The van der Waals surface area contributed by atoms with Crippen LogP contribution < -0.4 is 10.1 Å². The summed E-state index contributed by atoms with van der Waals surface area (Å²) in [6, 6.07) is 15.1. The Balaban J connectivity index is 1.40. The van der Waals surface area contributed by atoms with Crippen molar-refractivity contribution in [3.8, 4) is 17.1 Å². The SMILES string of the molecule is O=C(NC[C@@H]1COc2ccccc2C1)c1ccc(-c2ccc([N+](=O)[O-])cc2Cl)o1. The van der Waals surface area contributed by atoms with Gasteiger partial charge >= 0.3 is 0 Å². The van der Waals surface area contributed by atoms with Crippen LogP contribution in [0.3, 0.4) is 0 Å². The molecule has 1 aliphatic rings. The van der Waals surface area contributed by atoms with Gasteiger partial charge in [-0.3, -0.25) is 14.9 Å². The summed E-state index contributed by atoms with van der Waals surface area (Å²) in [5.74, 6) is 1.24. The molecule has 0 spiro atoms. The summed E-state index contributed by atoms with van der Waals surface area (Å²) in [6.07, 6.45) is 0.832. The van der Waals surface area contributed by atoms with Crippen molar-refractivity contribution in [2.75, 3.05) is 13.2 Å². The predicted molar refractivity (Wildman–Crippen MR) is 107 cm³/mol. The van der Waals surface area contributed by atoms with Crippen molar-refractivity contribution >= 4 is 23.2 Å². The minimum Gasteiger partial charge on any atom is -0.493 e. The minimum atomic E-state index is -0.524. The number of halogens is 1. The number of hydrogen-bond acceptors (Lipinski definition) is 5. The summed E-state index contributed by atoms with van der Waals surface area (Å²) in [7, 11) is 0. The normalized spacial score (nSPS) is 15.3. The second-order valence-corrected chi connectivity index (χ2v) is 7.19. The van der Waals surface area contributed by atoms with E-state index in [-0.39, 0.29) is 28.3 Å². The zero-order valence-corrected chi connectivity index (χ0v) is 16.0. The molecule has 7 nitrogen and oxygen atoms in total. The molecule has 0 bridgehead atoms. The van der Waals surface area contributed by atoms with E-state index >= 15 is 0 Å². The molecule has 4 rings (SSSR count). The molecule has 0 saturated carbocycles. The van der Waals surface area contributed by atoms with E-state index in [1.54, 1.807) is 12.1 Å². The Kier molecular flexibility index (Phi) is 5.22. The highest BCUT2D eigenvalue weighted by molar-refractivity contribution is 6.33. The number of para-hydroxylation sites is 1. The van der Waals surface area contributed by atoms with Gasteiger partial charge in [-0.1, -0.05) is 29.8 Å². The van der Waals surface area contributed by atoms with Crippen molar-refractivity contribution in [3.63, 3.8) is 0 Å². The number of rotatable bonds is 5. The summed E-state index contributed by atoms with van der Waals surface area (Å²) < 4.78 is 11.3. The van der Waals surface area contributed by atoms with Crippen molar-refractivity contribution in [1.29, 1.82) is 0 Å². The van der Waals surface area contributed by atoms with Crippen LogP contribution in [0.4, 0.5) is 5.69 Å². The molecule has 0 fully saturated rings. The molecule has 29 heavy (non-hydrogen) atoms. The lowest BCUT2D eigenvalue weighted by atomic mass is 9.97. The van der Waals surface area contributed by atoms with E-state index in [2.05, 4.69) is 5.32 Å². The first kappa shape index (κ1) is 19.0. The zero-order valence-electron chi connectivity index (χ0n) is 15.3. The Bertz CT molecular complexity index is 1080. The smallest absolute Gasteiger partial charge is 0.287 e. The maximum Gasteiger partial charge on any atom is 0.287 e. The molecule has 0 saturated heterocycles. The van der Waals surface area contributed by atoms with Gasteiger partial charge in [0.25, 0.3) is 11.6 Å². The lowest BCUT2D eigenvalue weighted by molar-refractivity contribution is -0.384. The summed E-state index contributed by atoms with van der Waals surface area (Å²) in [5, 5.41) is 13.9. The van der Waals surface area contributed by atoms with Gasteiger partial charge in [0, 0.05) is 30.2 Å². The average molecular weight is 413 g/mol. The number of nitrogens with zero attached hydrogens (tertiary/aromatic N) is 1. The van der Waals surface area contributed by atoms with Gasteiger partial charge in [0.1, 0.15) is 11.5 Å². The van der Waals surface area contributed by atoms with Gasteiger partial charge in [0.05, 0.1) is 16.6 Å². The van der Waals surface area contributed by atoms with E-state index < -0.39 is 4.92 Å². The lowest BCUT2D eigenvalue weighted by Crippen LogP contribution is -2.34. The fourth-order valence-corrected chi connectivity index (χ4v) is 3.54. The van der Waals surface area contributed by atoms with Crippen LogP contribution >= 0.6 is 11.6 Å². The topological polar surface area (TPSA) is 94.6 Å². The molecule has 1 aliphatic heterocycles. The summed E-state index contributed by atoms with van der Waals surface area (Å²) in [6.45, 7) is 1.00. The maximum absolute atomic E-state index is 12.4. The van der Waals surface area contributed by atoms with E-state index in [0.29, 0.717) is 24.5 Å². The number of nitro benzene ring substituents is 1. The largest absolute Gasteiger partial charge is 0.493 e. The number of hydrogen-bond donors (Lipinski definition) is 1. The average Bonchev–Trinajstić information content (AvgIpc) is 3.21. The molecule has 1 amide bonds. The van der Waals surface area contributed by atoms with Crippen molar-refractivity contribution in [2.45, 2.75) is 6.42 Å². The molecule has 8 heteroatoms. The maximum atomic E-state index is 12.4. The Labute approximate surface area is 171 Å². The fraction of sp³-hybridized carbons (Fsp3) is 0.190. The number of furan rings is 1. The number of amides is 1. The second kappa shape index (κ2) is 7.97. The molecule has 148 valence electrons. The first-order chi connectivity index (χ1) is 14.0. The van der Waals surface area contributed by atoms with Crippen LogP contribution in [0.2, 0.25) is 5.02 Å². The van der Waals surface area contributed by atoms with Gasteiger partial charge in [0.2, 0.25) is 0 Å². The molecule has 0 unspecified atom stereocenters. The van der Waals surface area contributed by atoms with Crippen LogP contribution in [0, 0.1) is 16.0 Å². The summed E-state index contributed by atoms with van der Waals surface area (Å²) in [5.41, 5.74) is 1.50. The molecule has 0 radical (unpaired) electrons. The monoisotopic (exact) mass is 412 g/mol. The molecule has 0 aliphatic carbocycles. The van der Waals surface area contributed by atoms with E-state index in [1.165, 1.54) is 18.2 Å². The summed E-state index contributed by atoms with van der Waals surface area (Å²) >= 11 is 6.12. The quantitative estimate of drug-likeness (QED) is 0.492. The molecular formula is C21H17ClN2O5. The Morgan fingerprint density at radius 3 is 2.83 bits per heavy atom. The van der Waals surface area contributed by atoms with Crippen LogP contribution in [-0.2, 0) is 6.42 Å². The molecule has 1 aromatic heterocycles. The minimum absolute atomic E-state index is 0.112. The third-order valence-corrected chi connectivity index (χ3v) is 5.08. The van der Waals surface area contributed by atoms with Crippen molar-refractivity contribution in [1.82, 2.24) is 5.32 Å². The number of carbonyl (C=O) groups is 1. The zero-order chi connectivity index (χ0) is 20.4. The molecule has 3 aromatic rings. The Morgan fingerprint density at radius 2 is 2.03 bits per heavy atom. The number of ether oxygens (including phenoxy) is 1. The highest BCUT2D eigenvalue weighted by Gasteiger charge is 2.21. The Hall–Kier alpha value is -3.32. The highest BCUT2D eigenvalue weighted by atomic mass is 35.5. The number of nitro groups is 1. The Morgan fingerprint density at radius 1 is 1.21 bits per heavy atom. The second-order valence-electron chi connectivity index (χ2n) is 6.78. The first-order valence-corrected chi connectivity index (χ1v) is 9.42. The summed E-state index contributed by atoms with van der Waals surface area (Å²) in [4.78, 5) is 22.7. The lowest BCUT2D eigenvalue weighted by Gasteiger charge is -2.25. The van der Waals surface area contributed by atoms with E-state index in [0.717, 1.165) is 17.7 Å². The number of fused-ring (bicyclic) bond motifs is 1. The van der Waals surface area contributed by atoms with Gasteiger partial charge < -0.3 is 14.5 Å².